The van der Waals surface area contributed by atoms with Crippen molar-refractivity contribution in [2.45, 2.75) is 232 Å². The number of aliphatic carboxylic acids is 2. The third-order valence-electron chi connectivity index (χ3n) is 10.6. The number of rotatable bonds is 38. The van der Waals surface area contributed by atoms with Crippen LogP contribution in [0.15, 0.2) is 0 Å². The number of carbonyl (C=O) groups is 5. The second-order valence-corrected chi connectivity index (χ2v) is 15.2. The van der Waals surface area contributed by atoms with E-state index >= 15 is 0 Å². The van der Waals surface area contributed by atoms with E-state index in [0.717, 1.165) is 77.0 Å². The van der Waals surface area contributed by atoms with Crippen molar-refractivity contribution in [3.8, 4) is 0 Å². The van der Waals surface area contributed by atoms with Crippen LogP contribution in [0.3, 0.4) is 0 Å². The number of amides is 2. The van der Waals surface area contributed by atoms with E-state index in [2.05, 4.69) is 20.8 Å². The number of hydrogen-bond donors (Lipinski definition) is 2. The molecule has 2 atom stereocenters. The van der Waals surface area contributed by atoms with E-state index in [1.54, 1.807) is 0 Å². The molecule has 0 heterocycles. The Morgan fingerprint density at radius 3 is 1.11 bits per heavy atom. The molecule has 0 aliphatic carbocycles. The molecule has 0 aromatic carbocycles. The number of carboxylic acid groups (broad SMARTS) is 2. The van der Waals surface area contributed by atoms with Crippen LogP contribution in [0.1, 0.15) is 226 Å². The first kappa shape index (κ1) is 54.4. The summed E-state index contributed by atoms with van der Waals surface area (Å²) in [7, 11) is 0. The van der Waals surface area contributed by atoms with Crippen molar-refractivity contribution in [3.63, 3.8) is 0 Å². The van der Waals surface area contributed by atoms with Crippen LogP contribution in [0.5, 0.6) is 0 Å². The fourth-order valence-corrected chi connectivity index (χ4v) is 7.37. The average molecular weight is 775 g/mol. The van der Waals surface area contributed by atoms with E-state index in [1.807, 2.05) is 0 Å². The Morgan fingerprint density at radius 2 is 0.830 bits per heavy atom. The van der Waals surface area contributed by atoms with Crippen LogP contribution in [0.4, 0.5) is 0 Å². The summed E-state index contributed by atoms with van der Waals surface area (Å²) in [5, 5.41) is 23.8. The van der Waals surface area contributed by atoms with Crippen molar-refractivity contribution in [1.82, 2.24) is 4.90 Å². The largest absolute Gasteiger partial charge is 1.00 e. The molecular weight excluding hydrogens is 696 g/mol. The van der Waals surface area contributed by atoms with Crippen molar-refractivity contribution in [2.24, 2.45) is 11.7 Å². The first-order valence-electron chi connectivity index (χ1n) is 21.7. The van der Waals surface area contributed by atoms with Crippen molar-refractivity contribution in [1.29, 1.82) is 0 Å². The number of imide groups is 1. The monoisotopic (exact) mass is 775 g/mol. The molecule has 3 N–H and O–H groups in total. The molecule has 9 nitrogen and oxygen atoms in total. The number of hydrogen-bond acceptors (Lipinski definition) is 7. The third kappa shape index (κ3) is 23.9. The predicted octanol–water partition coefficient (Wildman–Crippen LogP) is 6.61. The second-order valence-electron chi connectivity index (χ2n) is 15.2. The van der Waals surface area contributed by atoms with Gasteiger partial charge in [0.25, 0.3) is 0 Å². The summed E-state index contributed by atoms with van der Waals surface area (Å²) in [6, 6.07) is 0. The molecule has 1 unspecified atom stereocenters. The Balaban J connectivity index is 0. The summed E-state index contributed by atoms with van der Waals surface area (Å²) >= 11 is 0. The smallest absolute Gasteiger partial charge is 0.547 e. The number of nitrogens with two attached hydrogens (primary N) is 1. The molecule has 0 bridgehead atoms. The molecule has 0 saturated heterocycles. The average Bonchev–Trinajstić information content (AvgIpc) is 3.11. The minimum atomic E-state index is -2.92. The zero-order valence-corrected chi connectivity index (χ0v) is 38.0. The topological polar surface area (TPSA) is 158 Å². The maximum Gasteiger partial charge on any atom is 1.00 e. The van der Waals surface area contributed by atoms with Crippen LogP contribution in [0.2, 0.25) is 0 Å². The molecule has 53 heavy (non-hydrogen) atoms. The second kappa shape index (κ2) is 37.0. The summed E-state index contributed by atoms with van der Waals surface area (Å²) in [6.07, 6.45) is 26.0. The van der Waals surface area contributed by atoms with Crippen LogP contribution in [0, 0.1) is 5.92 Å². The van der Waals surface area contributed by atoms with E-state index in [4.69, 9.17) is 5.73 Å². The van der Waals surface area contributed by atoms with Gasteiger partial charge >= 0.3 is 57.4 Å². The van der Waals surface area contributed by atoms with Gasteiger partial charge in [-0.25, -0.2) is 0 Å². The summed E-state index contributed by atoms with van der Waals surface area (Å²) < 4.78 is 0. The molecular formula is C43H79KN2O7. The molecule has 0 aromatic rings. The molecule has 0 aliphatic heterocycles. The van der Waals surface area contributed by atoms with Gasteiger partial charge in [-0.05, 0) is 38.6 Å². The third-order valence-corrected chi connectivity index (χ3v) is 10.6. The molecule has 0 rings (SSSR count). The van der Waals surface area contributed by atoms with Crippen molar-refractivity contribution in [3.05, 3.63) is 0 Å². The van der Waals surface area contributed by atoms with E-state index in [-0.39, 0.29) is 90.0 Å². The fourth-order valence-electron chi connectivity index (χ4n) is 7.37. The quantitative estimate of drug-likeness (QED) is 0.0403. The molecule has 0 radical (unpaired) electrons. The van der Waals surface area contributed by atoms with Crippen LogP contribution in [-0.2, 0) is 24.0 Å². The first-order valence-corrected chi connectivity index (χ1v) is 21.7. The Kier molecular flexibility index (Phi) is 38.0. The zero-order chi connectivity index (χ0) is 38.9. The van der Waals surface area contributed by atoms with Gasteiger partial charge in [0, 0.05) is 19.3 Å². The fraction of sp³-hybridized carbons (Fsp3) is 0.884. The summed E-state index contributed by atoms with van der Waals surface area (Å²) in [5.74, 6) is -7.92. The van der Waals surface area contributed by atoms with Gasteiger partial charge in [-0.1, -0.05) is 175 Å². The van der Waals surface area contributed by atoms with Crippen molar-refractivity contribution < 1.29 is 85.6 Å². The van der Waals surface area contributed by atoms with E-state index in [9.17, 15) is 34.2 Å². The molecule has 10 heteroatoms. The normalized spacial score (nSPS) is 12.8. The maximum absolute atomic E-state index is 14.3. The first-order chi connectivity index (χ1) is 25.2. The molecule has 0 saturated carbocycles. The van der Waals surface area contributed by atoms with Gasteiger partial charge in [-0.15, -0.1) is 0 Å². The summed E-state index contributed by atoms with van der Waals surface area (Å²) in [6.45, 7) is 6.60. The Bertz CT molecular complexity index is 929. The maximum atomic E-state index is 14.3. The minimum absolute atomic E-state index is 0. The number of carboxylic acids is 2. The van der Waals surface area contributed by atoms with Crippen LogP contribution >= 0.6 is 0 Å². The summed E-state index contributed by atoms with van der Waals surface area (Å²) in [5.41, 5.74) is 2.80. The van der Waals surface area contributed by atoms with Gasteiger partial charge in [0.05, 0.1) is 11.9 Å². The number of Topliss-reactive ketones (excluding diaryl/α,β-unsaturated/α-hetero) is 1. The van der Waals surface area contributed by atoms with Gasteiger partial charge < -0.3 is 20.7 Å². The van der Waals surface area contributed by atoms with Gasteiger partial charge in [0.1, 0.15) is 0 Å². The van der Waals surface area contributed by atoms with Gasteiger partial charge in [0.15, 0.2) is 11.3 Å². The Morgan fingerprint density at radius 1 is 0.528 bits per heavy atom. The van der Waals surface area contributed by atoms with Gasteiger partial charge in [0.2, 0.25) is 11.8 Å². The molecule has 0 fully saturated rings. The van der Waals surface area contributed by atoms with Crippen molar-refractivity contribution in [2.75, 3.05) is 6.54 Å². The van der Waals surface area contributed by atoms with Crippen LogP contribution < -0.4 is 62.2 Å². The molecule has 0 spiro atoms. The molecule has 0 aliphatic rings. The predicted molar refractivity (Wildman–Crippen MR) is 210 cm³/mol. The standard InChI is InChI=1S/C43H80N2O7.K/c1-4-7-10-13-16-19-22-25-28-33-38(46)43(42(51)52,37(41(49)50)32-31-36-44)45(39(47)34-29-26-23-20-17-14-11-8-5-2)40(48)35-30-27-24-21-18-15-12-9-6-3;/h37H,4-36,44H2,1-3H3,(H,49,50)(H,51,52);/q;+1/p-1/t37?,43-;/m1./s1. The van der Waals surface area contributed by atoms with Gasteiger partial charge in [-0.2, -0.15) is 0 Å². The number of nitrogens with zero attached hydrogens (tertiary/aromatic N) is 1. The van der Waals surface area contributed by atoms with E-state index in [0.29, 0.717) is 30.6 Å². The van der Waals surface area contributed by atoms with Gasteiger partial charge in [-0.3, -0.25) is 24.1 Å². The molecule has 0 aromatic heterocycles. The number of ketones is 1. The van der Waals surface area contributed by atoms with Crippen LogP contribution in [-0.4, -0.2) is 51.6 Å². The van der Waals surface area contributed by atoms with E-state index in [1.165, 1.54) is 70.6 Å². The van der Waals surface area contributed by atoms with Crippen LogP contribution in [0.25, 0.3) is 0 Å². The van der Waals surface area contributed by atoms with E-state index < -0.39 is 41.0 Å². The molecule has 304 valence electrons. The van der Waals surface area contributed by atoms with Crippen molar-refractivity contribution >= 4 is 29.5 Å². The molecule has 2 amide bonds. The number of unbranched alkanes of at least 4 members (excludes halogenated alkanes) is 24. The Hall–Kier alpha value is -0.654. The number of carbonyl (C=O) groups excluding carboxylic acids is 4. The Labute approximate surface area is 366 Å². The zero-order valence-electron chi connectivity index (χ0n) is 34.8. The summed E-state index contributed by atoms with van der Waals surface area (Å²) in [4.78, 5) is 69.2. The SMILES string of the molecule is CCCCCCCCCCCC(=O)N(C(=O)CCCCCCCCCCC)[C@@](C(=O)[O-])(C(=O)CCCCCCCCCCC)C(CCCN)C(=O)O.[K+]. The minimum Gasteiger partial charge on any atom is -0.547 e.